The minimum atomic E-state index is -0.667. The lowest BCUT2D eigenvalue weighted by Gasteiger charge is -2.06. The lowest BCUT2D eigenvalue weighted by molar-refractivity contribution is 0.0796. The molecule has 0 heterocycles. The van der Waals surface area contributed by atoms with E-state index in [1.807, 2.05) is 37.3 Å². The molecule has 1 aromatic carbocycles. The Morgan fingerprint density at radius 3 is 2.72 bits per heavy atom. The predicted octanol–water partition coefficient (Wildman–Crippen LogP) is 3.27. The topological polar surface area (TPSA) is 44.8 Å². The number of rotatable bonds is 5. The summed E-state index contributed by atoms with van der Waals surface area (Å²) >= 11 is 0. The standard InChI is InChI=1S/C14H18O4/c1-4-11(10-18-14(15)17-3)8-12-6-5-7-13(9-12)16-2/h5-9H,4,10H2,1-3H3/b11-8+. The highest BCUT2D eigenvalue weighted by Gasteiger charge is 2.03. The molecule has 0 aromatic heterocycles. The minimum absolute atomic E-state index is 0.236. The maximum Gasteiger partial charge on any atom is 0.508 e. The van der Waals surface area contributed by atoms with Crippen LogP contribution < -0.4 is 4.74 Å². The van der Waals surface area contributed by atoms with Gasteiger partial charge >= 0.3 is 6.16 Å². The van der Waals surface area contributed by atoms with Crippen LogP contribution in [0.2, 0.25) is 0 Å². The zero-order chi connectivity index (χ0) is 13.4. The van der Waals surface area contributed by atoms with Gasteiger partial charge in [-0.15, -0.1) is 0 Å². The molecule has 0 bridgehead atoms. The van der Waals surface area contributed by atoms with Crippen LogP contribution in [-0.4, -0.2) is 27.0 Å². The second kappa shape index (κ2) is 7.37. The summed E-state index contributed by atoms with van der Waals surface area (Å²) in [5, 5.41) is 0. The van der Waals surface area contributed by atoms with Gasteiger partial charge in [-0.25, -0.2) is 4.79 Å². The van der Waals surface area contributed by atoms with E-state index in [-0.39, 0.29) is 6.61 Å². The fourth-order valence-electron chi connectivity index (χ4n) is 1.42. The molecule has 0 saturated carbocycles. The molecule has 0 saturated heterocycles. The van der Waals surface area contributed by atoms with E-state index in [0.717, 1.165) is 23.3 Å². The third kappa shape index (κ3) is 4.49. The Labute approximate surface area is 107 Å². The Morgan fingerprint density at radius 1 is 1.33 bits per heavy atom. The predicted molar refractivity (Wildman–Crippen MR) is 69.6 cm³/mol. The Bertz CT molecular complexity index is 424. The van der Waals surface area contributed by atoms with E-state index in [1.165, 1.54) is 7.11 Å². The normalized spacial score (nSPS) is 10.9. The first kappa shape index (κ1) is 14.1. The average Bonchev–Trinajstić information content (AvgIpc) is 2.43. The third-order valence-corrected chi connectivity index (χ3v) is 2.46. The molecule has 0 unspecified atom stereocenters. The first-order chi connectivity index (χ1) is 8.69. The van der Waals surface area contributed by atoms with Gasteiger partial charge in [0.2, 0.25) is 0 Å². The molecule has 98 valence electrons. The van der Waals surface area contributed by atoms with Crippen LogP contribution in [-0.2, 0) is 9.47 Å². The Hall–Kier alpha value is -1.97. The number of methoxy groups -OCH3 is 2. The summed E-state index contributed by atoms with van der Waals surface area (Å²) in [5.74, 6) is 0.799. The highest BCUT2D eigenvalue weighted by atomic mass is 16.7. The lowest BCUT2D eigenvalue weighted by Crippen LogP contribution is -2.06. The van der Waals surface area contributed by atoms with Crippen LogP contribution in [0.3, 0.4) is 0 Å². The van der Waals surface area contributed by atoms with Crippen LogP contribution in [0, 0.1) is 0 Å². The highest BCUT2D eigenvalue weighted by Crippen LogP contribution is 2.16. The van der Waals surface area contributed by atoms with Gasteiger partial charge in [-0.3, -0.25) is 0 Å². The largest absolute Gasteiger partial charge is 0.508 e. The molecule has 4 nitrogen and oxygen atoms in total. The Morgan fingerprint density at radius 2 is 2.11 bits per heavy atom. The van der Waals surface area contributed by atoms with Crippen molar-refractivity contribution in [3.05, 3.63) is 35.4 Å². The van der Waals surface area contributed by atoms with E-state index in [0.29, 0.717) is 0 Å². The van der Waals surface area contributed by atoms with Gasteiger partial charge in [0.05, 0.1) is 14.2 Å². The molecule has 1 aromatic rings. The van der Waals surface area contributed by atoms with Gasteiger partial charge in [-0.05, 0) is 29.7 Å². The van der Waals surface area contributed by atoms with E-state index in [2.05, 4.69) is 4.74 Å². The molecule has 0 amide bonds. The van der Waals surface area contributed by atoms with Gasteiger partial charge in [0.25, 0.3) is 0 Å². The van der Waals surface area contributed by atoms with Crippen molar-refractivity contribution in [2.24, 2.45) is 0 Å². The SMILES string of the molecule is CC/C(=C\c1cccc(OC)c1)COC(=O)OC. The molecule has 0 aliphatic carbocycles. The van der Waals surface area contributed by atoms with Gasteiger partial charge in [0.1, 0.15) is 12.4 Å². The molecule has 0 N–H and O–H groups in total. The van der Waals surface area contributed by atoms with Crippen molar-refractivity contribution in [1.82, 2.24) is 0 Å². The third-order valence-electron chi connectivity index (χ3n) is 2.46. The fourth-order valence-corrected chi connectivity index (χ4v) is 1.42. The van der Waals surface area contributed by atoms with Crippen LogP contribution in [0.15, 0.2) is 29.8 Å². The van der Waals surface area contributed by atoms with Crippen molar-refractivity contribution >= 4 is 12.2 Å². The summed E-state index contributed by atoms with van der Waals surface area (Å²) in [6.45, 7) is 2.24. The van der Waals surface area contributed by atoms with Crippen molar-refractivity contribution in [3.63, 3.8) is 0 Å². The zero-order valence-corrected chi connectivity index (χ0v) is 10.9. The smallest absolute Gasteiger partial charge is 0.497 e. The Kier molecular flexibility index (Phi) is 5.77. The van der Waals surface area contributed by atoms with E-state index in [9.17, 15) is 4.79 Å². The van der Waals surface area contributed by atoms with Crippen LogP contribution in [0.25, 0.3) is 6.08 Å². The first-order valence-corrected chi connectivity index (χ1v) is 5.73. The summed E-state index contributed by atoms with van der Waals surface area (Å²) in [4.78, 5) is 10.9. The number of carbonyl (C=O) groups excluding carboxylic acids is 1. The second-order valence-corrected chi connectivity index (χ2v) is 3.68. The second-order valence-electron chi connectivity index (χ2n) is 3.68. The lowest BCUT2D eigenvalue weighted by atomic mass is 10.1. The van der Waals surface area contributed by atoms with E-state index in [4.69, 9.17) is 9.47 Å². The minimum Gasteiger partial charge on any atom is -0.497 e. The monoisotopic (exact) mass is 250 g/mol. The average molecular weight is 250 g/mol. The number of carbonyl (C=O) groups is 1. The number of hydrogen-bond donors (Lipinski definition) is 0. The summed E-state index contributed by atoms with van der Waals surface area (Å²) < 4.78 is 14.5. The van der Waals surface area contributed by atoms with Gasteiger partial charge in [-0.1, -0.05) is 25.1 Å². The van der Waals surface area contributed by atoms with Crippen LogP contribution in [0.5, 0.6) is 5.75 Å². The molecular weight excluding hydrogens is 232 g/mol. The summed E-state index contributed by atoms with van der Waals surface area (Å²) in [5.41, 5.74) is 2.02. The van der Waals surface area contributed by atoms with Gasteiger partial charge < -0.3 is 14.2 Å². The molecule has 0 aliphatic heterocycles. The number of ether oxygens (including phenoxy) is 3. The molecule has 4 heteroatoms. The molecule has 0 atom stereocenters. The molecule has 18 heavy (non-hydrogen) atoms. The van der Waals surface area contributed by atoms with Crippen molar-refractivity contribution < 1.29 is 19.0 Å². The molecule has 0 fully saturated rings. The zero-order valence-electron chi connectivity index (χ0n) is 10.9. The molecule has 0 radical (unpaired) electrons. The van der Waals surface area contributed by atoms with Crippen LogP contribution in [0.4, 0.5) is 4.79 Å². The van der Waals surface area contributed by atoms with Gasteiger partial charge in [0.15, 0.2) is 0 Å². The van der Waals surface area contributed by atoms with Crippen molar-refractivity contribution in [2.75, 3.05) is 20.8 Å². The van der Waals surface area contributed by atoms with E-state index < -0.39 is 6.16 Å². The maximum atomic E-state index is 10.9. The number of hydrogen-bond acceptors (Lipinski definition) is 4. The first-order valence-electron chi connectivity index (χ1n) is 5.73. The summed E-state index contributed by atoms with van der Waals surface area (Å²) in [6.07, 6.45) is 2.11. The molecular formula is C14H18O4. The van der Waals surface area contributed by atoms with Gasteiger partial charge in [0, 0.05) is 0 Å². The van der Waals surface area contributed by atoms with Crippen molar-refractivity contribution in [1.29, 1.82) is 0 Å². The highest BCUT2D eigenvalue weighted by molar-refractivity contribution is 5.61. The molecule has 0 aliphatic rings. The van der Waals surface area contributed by atoms with Gasteiger partial charge in [-0.2, -0.15) is 0 Å². The van der Waals surface area contributed by atoms with Crippen molar-refractivity contribution in [3.8, 4) is 5.75 Å². The quantitative estimate of drug-likeness (QED) is 0.752. The molecule has 0 spiro atoms. The summed E-state index contributed by atoms with van der Waals surface area (Å²) in [6, 6.07) is 7.69. The van der Waals surface area contributed by atoms with Crippen LogP contribution >= 0.6 is 0 Å². The van der Waals surface area contributed by atoms with E-state index >= 15 is 0 Å². The summed E-state index contributed by atoms with van der Waals surface area (Å²) in [7, 11) is 2.92. The van der Waals surface area contributed by atoms with Crippen LogP contribution in [0.1, 0.15) is 18.9 Å². The number of benzene rings is 1. The molecule has 1 rings (SSSR count). The fraction of sp³-hybridized carbons (Fsp3) is 0.357. The maximum absolute atomic E-state index is 10.9. The Balaban J connectivity index is 2.73. The van der Waals surface area contributed by atoms with Crippen molar-refractivity contribution in [2.45, 2.75) is 13.3 Å². The van der Waals surface area contributed by atoms with E-state index in [1.54, 1.807) is 7.11 Å².